The third-order valence-electron chi connectivity index (χ3n) is 5.71. The van der Waals surface area contributed by atoms with Gasteiger partial charge in [0.15, 0.2) is 11.9 Å². The first-order chi connectivity index (χ1) is 16.1. The molecule has 0 radical (unpaired) electrons. The molecule has 1 aliphatic heterocycles. The number of amides is 1. The number of carbonyl (C=O) groups excluding carboxylic acids is 3. The normalized spacial score (nSPS) is 15.9. The van der Waals surface area contributed by atoms with Crippen molar-refractivity contribution in [1.82, 2.24) is 4.31 Å². The number of piperidine rings is 1. The number of methoxy groups -OCH3 is 1. The van der Waals surface area contributed by atoms with Gasteiger partial charge in [0.25, 0.3) is 5.91 Å². The van der Waals surface area contributed by atoms with Crippen LogP contribution in [0.25, 0.3) is 0 Å². The molecule has 1 saturated heterocycles. The van der Waals surface area contributed by atoms with Crippen molar-refractivity contribution >= 4 is 33.4 Å². The molecule has 2 aromatic carbocycles. The van der Waals surface area contributed by atoms with Gasteiger partial charge < -0.3 is 14.8 Å². The summed E-state index contributed by atoms with van der Waals surface area (Å²) in [6, 6.07) is 12.7. The van der Waals surface area contributed by atoms with Crippen LogP contribution in [-0.4, -0.2) is 56.7 Å². The van der Waals surface area contributed by atoms with E-state index >= 15 is 0 Å². The quantitative estimate of drug-likeness (QED) is 0.448. The molecular formula is C24H28N2O7S. The molecule has 1 aliphatic rings. The molecule has 0 saturated carbocycles. The van der Waals surface area contributed by atoms with E-state index in [9.17, 15) is 22.8 Å². The minimum absolute atomic E-state index is 0.0974. The van der Waals surface area contributed by atoms with Crippen LogP contribution >= 0.6 is 0 Å². The number of hydrogen-bond acceptors (Lipinski definition) is 7. The SMILES string of the molecule is COc1ccccc1NC(=O)[C@@H](C)OC(=O)C1CCN(S(=O)(=O)c2ccc(C(C)=O)cc2)CC1. The Balaban J connectivity index is 1.54. The molecule has 1 fully saturated rings. The molecule has 34 heavy (non-hydrogen) atoms. The fraction of sp³-hybridized carbons (Fsp3) is 0.375. The van der Waals surface area contributed by atoms with Crippen LogP contribution in [0, 0.1) is 5.92 Å². The number of Topliss-reactive ketones (excluding diaryl/α,β-unsaturated/α-hetero) is 1. The number of nitrogens with one attached hydrogen (secondary N) is 1. The van der Waals surface area contributed by atoms with Crippen LogP contribution in [0.5, 0.6) is 5.75 Å². The summed E-state index contributed by atoms with van der Waals surface area (Å²) in [4.78, 5) is 36.6. The summed E-state index contributed by atoms with van der Waals surface area (Å²) in [7, 11) is -2.25. The van der Waals surface area contributed by atoms with Crippen LogP contribution in [0.4, 0.5) is 5.69 Å². The first-order valence-corrected chi connectivity index (χ1v) is 12.3. The fourth-order valence-electron chi connectivity index (χ4n) is 3.65. The smallest absolute Gasteiger partial charge is 0.309 e. The first-order valence-electron chi connectivity index (χ1n) is 10.9. The number of benzene rings is 2. The van der Waals surface area contributed by atoms with Crippen molar-refractivity contribution in [2.45, 2.75) is 37.7 Å². The van der Waals surface area contributed by atoms with Gasteiger partial charge in [0.1, 0.15) is 5.75 Å². The molecule has 1 amide bonds. The van der Waals surface area contributed by atoms with Gasteiger partial charge in [-0.25, -0.2) is 8.42 Å². The van der Waals surface area contributed by atoms with Crippen LogP contribution in [0.1, 0.15) is 37.0 Å². The van der Waals surface area contributed by atoms with E-state index in [0.29, 0.717) is 17.0 Å². The monoisotopic (exact) mass is 488 g/mol. The highest BCUT2D eigenvalue weighted by molar-refractivity contribution is 7.89. The number of anilines is 1. The zero-order valence-corrected chi connectivity index (χ0v) is 20.1. The van der Waals surface area contributed by atoms with Crippen molar-refractivity contribution in [3.63, 3.8) is 0 Å². The van der Waals surface area contributed by atoms with Gasteiger partial charge in [0.2, 0.25) is 10.0 Å². The molecule has 10 heteroatoms. The van der Waals surface area contributed by atoms with Gasteiger partial charge in [-0.3, -0.25) is 14.4 Å². The summed E-state index contributed by atoms with van der Waals surface area (Å²) in [6.07, 6.45) is -0.464. The molecule has 0 bridgehead atoms. The largest absolute Gasteiger partial charge is 0.495 e. The van der Waals surface area contributed by atoms with E-state index in [1.54, 1.807) is 24.3 Å². The Morgan fingerprint density at radius 2 is 1.65 bits per heavy atom. The molecule has 0 unspecified atom stereocenters. The third-order valence-corrected chi connectivity index (χ3v) is 7.63. The van der Waals surface area contributed by atoms with Crippen molar-refractivity contribution in [3.05, 3.63) is 54.1 Å². The van der Waals surface area contributed by atoms with Crippen LogP contribution < -0.4 is 10.1 Å². The number of ether oxygens (including phenoxy) is 2. The molecule has 1 heterocycles. The summed E-state index contributed by atoms with van der Waals surface area (Å²) in [5.41, 5.74) is 0.900. The number of para-hydroxylation sites is 2. The number of carbonyl (C=O) groups is 3. The number of hydrogen-bond donors (Lipinski definition) is 1. The summed E-state index contributed by atoms with van der Waals surface area (Å²) >= 11 is 0. The molecule has 3 rings (SSSR count). The zero-order valence-electron chi connectivity index (χ0n) is 19.3. The Morgan fingerprint density at radius 3 is 2.24 bits per heavy atom. The minimum atomic E-state index is -3.74. The van der Waals surface area contributed by atoms with E-state index in [0.717, 1.165) is 0 Å². The minimum Gasteiger partial charge on any atom is -0.495 e. The summed E-state index contributed by atoms with van der Waals surface area (Å²) < 4.78 is 37.7. The highest BCUT2D eigenvalue weighted by Gasteiger charge is 2.34. The highest BCUT2D eigenvalue weighted by atomic mass is 32.2. The molecule has 182 valence electrons. The highest BCUT2D eigenvalue weighted by Crippen LogP contribution is 2.26. The second-order valence-corrected chi connectivity index (χ2v) is 9.97. The average Bonchev–Trinajstić information content (AvgIpc) is 2.84. The second-order valence-electron chi connectivity index (χ2n) is 8.03. The summed E-state index contributed by atoms with van der Waals surface area (Å²) in [5.74, 6) is -1.20. The standard InChI is InChI=1S/C24H28N2O7S/c1-16(27)18-8-10-20(11-9-18)34(30,31)26-14-12-19(13-15-26)24(29)33-17(2)23(28)25-21-6-4-5-7-22(21)32-3/h4-11,17,19H,12-15H2,1-3H3,(H,25,28)/t17-/m1/s1. The number of esters is 1. The second kappa shape index (κ2) is 10.8. The molecule has 2 aromatic rings. The molecule has 1 atom stereocenters. The zero-order chi connectivity index (χ0) is 24.9. The Bertz CT molecular complexity index is 1150. The van der Waals surface area contributed by atoms with Crippen LogP contribution in [-0.2, 0) is 24.3 Å². The Hall–Kier alpha value is -3.24. The lowest BCUT2D eigenvalue weighted by Crippen LogP contribution is -2.41. The van der Waals surface area contributed by atoms with Gasteiger partial charge in [-0.05, 0) is 51.0 Å². The van der Waals surface area contributed by atoms with Crippen LogP contribution in [0.15, 0.2) is 53.4 Å². The van der Waals surface area contributed by atoms with E-state index in [2.05, 4.69) is 5.32 Å². The van der Waals surface area contributed by atoms with Crippen LogP contribution in [0.2, 0.25) is 0 Å². The van der Waals surface area contributed by atoms with E-state index in [-0.39, 0.29) is 36.6 Å². The van der Waals surface area contributed by atoms with Gasteiger partial charge in [-0.2, -0.15) is 4.31 Å². The Kier molecular flexibility index (Phi) is 8.06. The van der Waals surface area contributed by atoms with Gasteiger partial charge in [0, 0.05) is 18.7 Å². The van der Waals surface area contributed by atoms with Crippen molar-refractivity contribution < 1.29 is 32.3 Å². The molecule has 0 aliphatic carbocycles. The molecule has 0 spiro atoms. The van der Waals surface area contributed by atoms with Crippen molar-refractivity contribution in [1.29, 1.82) is 0 Å². The maximum atomic E-state index is 12.9. The predicted octanol–water partition coefficient (Wildman–Crippen LogP) is 2.87. The van der Waals surface area contributed by atoms with Crippen molar-refractivity contribution in [3.8, 4) is 5.75 Å². The van der Waals surface area contributed by atoms with E-state index in [1.807, 2.05) is 0 Å². The van der Waals surface area contributed by atoms with Gasteiger partial charge in [0.05, 0.1) is 23.6 Å². The lowest BCUT2D eigenvalue weighted by Gasteiger charge is -2.30. The topological polar surface area (TPSA) is 119 Å². The molecule has 9 nitrogen and oxygen atoms in total. The molecule has 0 aromatic heterocycles. The Labute approximate surface area is 199 Å². The van der Waals surface area contributed by atoms with Gasteiger partial charge in [-0.1, -0.05) is 24.3 Å². The third kappa shape index (κ3) is 5.81. The maximum absolute atomic E-state index is 12.9. The Morgan fingerprint density at radius 1 is 1.03 bits per heavy atom. The summed E-state index contributed by atoms with van der Waals surface area (Å²) in [6.45, 7) is 3.19. The summed E-state index contributed by atoms with van der Waals surface area (Å²) in [5, 5.41) is 2.68. The van der Waals surface area contributed by atoms with Crippen molar-refractivity contribution in [2.75, 3.05) is 25.5 Å². The van der Waals surface area contributed by atoms with Crippen molar-refractivity contribution in [2.24, 2.45) is 5.92 Å². The maximum Gasteiger partial charge on any atom is 0.309 e. The number of nitrogens with zero attached hydrogens (tertiary/aromatic N) is 1. The lowest BCUT2D eigenvalue weighted by atomic mass is 9.98. The average molecular weight is 489 g/mol. The fourth-order valence-corrected chi connectivity index (χ4v) is 5.12. The number of sulfonamides is 1. The molecule has 1 N–H and O–H groups in total. The van der Waals surface area contributed by atoms with E-state index < -0.39 is 33.9 Å². The molecular weight excluding hydrogens is 460 g/mol. The first kappa shape index (κ1) is 25.4. The van der Waals surface area contributed by atoms with Gasteiger partial charge >= 0.3 is 5.97 Å². The number of ketones is 1. The van der Waals surface area contributed by atoms with Crippen LogP contribution in [0.3, 0.4) is 0 Å². The predicted molar refractivity (Wildman–Crippen MR) is 125 cm³/mol. The number of rotatable bonds is 8. The van der Waals surface area contributed by atoms with E-state index in [1.165, 1.54) is 49.5 Å². The van der Waals surface area contributed by atoms with E-state index in [4.69, 9.17) is 9.47 Å². The lowest BCUT2D eigenvalue weighted by molar-refractivity contribution is -0.158. The van der Waals surface area contributed by atoms with Gasteiger partial charge in [-0.15, -0.1) is 0 Å².